The lowest BCUT2D eigenvalue weighted by Gasteiger charge is -2.20. The van der Waals surface area contributed by atoms with E-state index in [1.807, 2.05) is 44.2 Å². The summed E-state index contributed by atoms with van der Waals surface area (Å²) in [6.07, 6.45) is 7.68. The van der Waals surface area contributed by atoms with Crippen molar-refractivity contribution in [1.82, 2.24) is 9.66 Å². The van der Waals surface area contributed by atoms with Crippen molar-refractivity contribution >= 4 is 33.0 Å². The zero-order valence-corrected chi connectivity index (χ0v) is 22.6. The number of benzene rings is 2. The summed E-state index contributed by atoms with van der Waals surface area (Å²) in [6, 6.07) is 9.45. The number of hydrogen-bond donors (Lipinski definition) is 0. The smallest absolute Gasteiger partial charge is 0.282 e. The molecule has 0 spiro atoms. The summed E-state index contributed by atoms with van der Waals surface area (Å²) in [6.45, 7) is 12.6. The molecule has 0 amide bonds. The average Bonchev–Trinajstić information content (AvgIpc) is 2.84. The molecule has 0 N–H and O–H groups in total. The van der Waals surface area contributed by atoms with Gasteiger partial charge in [0.1, 0.15) is 5.82 Å². The maximum Gasteiger partial charge on any atom is 0.282 e. The average molecular weight is 541 g/mol. The van der Waals surface area contributed by atoms with Crippen LogP contribution in [0.15, 0.2) is 57.4 Å². The van der Waals surface area contributed by atoms with Gasteiger partial charge in [-0.1, -0.05) is 42.3 Å². The summed E-state index contributed by atoms with van der Waals surface area (Å²) in [7, 11) is 0. The van der Waals surface area contributed by atoms with Gasteiger partial charge in [-0.2, -0.15) is 9.78 Å². The molecule has 1 heterocycles. The fourth-order valence-corrected chi connectivity index (χ4v) is 4.04. The van der Waals surface area contributed by atoms with Crippen molar-refractivity contribution in [3.63, 3.8) is 0 Å². The lowest BCUT2D eigenvalue weighted by atomic mass is 10.1. The molecule has 0 aliphatic heterocycles. The monoisotopic (exact) mass is 539 g/mol. The molecule has 3 aromatic rings. The molecule has 186 valence electrons. The zero-order valence-electron chi connectivity index (χ0n) is 21.0. The largest absolute Gasteiger partial charge is 0.490 e. The van der Waals surface area contributed by atoms with Crippen LogP contribution in [0.5, 0.6) is 11.5 Å². The molecule has 35 heavy (non-hydrogen) atoms. The molecular weight excluding hydrogens is 506 g/mol. The van der Waals surface area contributed by atoms with Crippen LogP contribution in [0.1, 0.15) is 63.9 Å². The number of aromatic nitrogens is 2. The van der Waals surface area contributed by atoms with Gasteiger partial charge in [-0.05, 0) is 69.0 Å². The van der Waals surface area contributed by atoms with Crippen LogP contribution in [0.3, 0.4) is 0 Å². The van der Waals surface area contributed by atoms with Gasteiger partial charge in [-0.15, -0.1) is 6.58 Å². The molecule has 6 nitrogen and oxygen atoms in total. The van der Waals surface area contributed by atoms with Crippen LogP contribution in [0.2, 0.25) is 0 Å². The molecule has 0 aliphatic rings. The van der Waals surface area contributed by atoms with Gasteiger partial charge in [0.2, 0.25) is 0 Å². The molecule has 0 saturated heterocycles. The number of allylic oxidation sites excluding steroid dienone is 1. The van der Waals surface area contributed by atoms with Crippen molar-refractivity contribution in [3.05, 3.63) is 74.8 Å². The quantitative estimate of drug-likeness (QED) is 0.190. The van der Waals surface area contributed by atoms with Crippen LogP contribution >= 0.6 is 15.9 Å². The molecule has 2 aromatic carbocycles. The van der Waals surface area contributed by atoms with E-state index < -0.39 is 0 Å². The summed E-state index contributed by atoms with van der Waals surface area (Å²) < 4.78 is 14.4. The van der Waals surface area contributed by atoms with Gasteiger partial charge in [-0.3, -0.25) is 4.79 Å². The van der Waals surface area contributed by atoms with Gasteiger partial charge < -0.3 is 9.47 Å². The number of unbranched alkanes of at least 4 members (excludes halogenated alkanes) is 1. The Morgan fingerprint density at radius 2 is 2.03 bits per heavy atom. The summed E-state index contributed by atoms with van der Waals surface area (Å²) in [5.41, 5.74) is 2.26. The first-order chi connectivity index (χ1) is 16.9. The topological polar surface area (TPSA) is 65.7 Å². The fraction of sp³-hybridized carbons (Fsp3) is 0.393. The van der Waals surface area contributed by atoms with Crippen molar-refractivity contribution < 1.29 is 9.47 Å². The minimum Gasteiger partial charge on any atom is -0.490 e. The normalized spacial score (nSPS) is 12.3. The van der Waals surface area contributed by atoms with Gasteiger partial charge in [0.05, 0.1) is 29.8 Å². The standard InChI is InChI=1S/C28H34BrN3O3/c1-6-10-12-26-31-24-14-13-22(29)17-23(24)28(33)32(26)30-18-20-15-21(11-7-2)27(35-19(5)8-3)25(16-20)34-9-4/h7,13-19H,2,6,8-12H2,1,3-5H3/t19-/m0/s1. The van der Waals surface area contributed by atoms with E-state index in [2.05, 4.69) is 41.5 Å². The number of hydrogen-bond acceptors (Lipinski definition) is 5. The first-order valence-electron chi connectivity index (χ1n) is 12.2. The van der Waals surface area contributed by atoms with E-state index in [0.29, 0.717) is 41.9 Å². The van der Waals surface area contributed by atoms with Crippen LogP contribution < -0.4 is 15.0 Å². The van der Waals surface area contributed by atoms with E-state index in [9.17, 15) is 4.79 Å². The third-order valence-corrected chi connectivity index (χ3v) is 6.16. The Morgan fingerprint density at radius 3 is 2.71 bits per heavy atom. The van der Waals surface area contributed by atoms with Gasteiger partial charge in [0.15, 0.2) is 11.5 Å². The molecule has 0 aliphatic carbocycles. The molecular formula is C28H34BrN3O3. The van der Waals surface area contributed by atoms with Crippen LogP contribution in [0, 0.1) is 0 Å². The van der Waals surface area contributed by atoms with Crippen LogP contribution in [-0.2, 0) is 12.8 Å². The van der Waals surface area contributed by atoms with E-state index in [0.717, 1.165) is 40.6 Å². The second-order valence-corrected chi connectivity index (χ2v) is 9.34. The highest BCUT2D eigenvalue weighted by atomic mass is 79.9. The third-order valence-electron chi connectivity index (χ3n) is 5.66. The number of rotatable bonds is 12. The predicted molar refractivity (Wildman–Crippen MR) is 147 cm³/mol. The van der Waals surface area contributed by atoms with Crippen molar-refractivity contribution in [1.29, 1.82) is 0 Å². The molecule has 7 heteroatoms. The van der Waals surface area contributed by atoms with Crippen molar-refractivity contribution in [3.8, 4) is 11.5 Å². The molecule has 1 atom stereocenters. The number of ether oxygens (including phenoxy) is 2. The Bertz CT molecular complexity index is 1270. The first-order valence-corrected chi connectivity index (χ1v) is 13.0. The van der Waals surface area contributed by atoms with E-state index in [4.69, 9.17) is 14.5 Å². The SMILES string of the molecule is C=CCc1cc(C=Nn2c(CCCC)nc3ccc(Br)cc3c2=O)cc(OCC)c1O[C@@H](C)CC. The number of aryl methyl sites for hydroxylation is 1. The van der Waals surface area contributed by atoms with Crippen LogP contribution in [-0.4, -0.2) is 28.6 Å². The Kier molecular flexibility index (Phi) is 9.66. The van der Waals surface area contributed by atoms with E-state index in [1.165, 1.54) is 4.68 Å². The predicted octanol–water partition coefficient (Wildman–Crippen LogP) is 6.69. The Balaban J connectivity index is 2.12. The third kappa shape index (κ3) is 6.60. The van der Waals surface area contributed by atoms with E-state index in [-0.39, 0.29) is 11.7 Å². The van der Waals surface area contributed by atoms with Gasteiger partial charge in [0, 0.05) is 16.5 Å². The van der Waals surface area contributed by atoms with E-state index in [1.54, 1.807) is 12.3 Å². The summed E-state index contributed by atoms with van der Waals surface area (Å²) in [5.74, 6) is 2.04. The molecule has 0 radical (unpaired) electrons. The minimum absolute atomic E-state index is 0.0555. The van der Waals surface area contributed by atoms with Gasteiger partial charge >= 0.3 is 0 Å². The molecule has 0 fully saturated rings. The Hall–Kier alpha value is -2.93. The lowest BCUT2D eigenvalue weighted by molar-refractivity contribution is 0.201. The minimum atomic E-state index is -0.188. The molecule has 1 aromatic heterocycles. The highest BCUT2D eigenvalue weighted by Crippen LogP contribution is 2.34. The van der Waals surface area contributed by atoms with Gasteiger partial charge in [-0.25, -0.2) is 4.98 Å². The molecule has 0 saturated carbocycles. The molecule has 3 rings (SSSR count). The number of fused-ring (bicyclic) bond motifs is 1. The number of nitrogens with zero attached hydrogens (tertiary/aromatic N) is 3. The summed E-state index contributed by atoms with van der Waals surface area (Å²) in [4.78, 5) is 18.1. The van der Waals surface area contributed by atoms with Crippen molar-refractivity contribution in [2.75, 3.05) is 6.61 Å². The Morgan fingerprint density at radius 1 is 1.23 bits per heavy atom. The highest BCUT2D eigenvalue weighted by molar-refractivity contribution is 9.10. The summed E-state index contributed by atoms with van der Waals surface area (Å²) >= 11 is 3.45. The first kappa shape index (κ1) is 26.7. The maximum absolute atomic E-state index is 13.4. The Labute approximate surface area is 215 Å². The summed E-state index contributed by atoms with van der Waals surface area (Å²) in [5, 5.41) is 5.12. The van der Waals surface area contributed by atoms with E-state index >= 15 is 0 Å². The van der Waals surface area contributed by atoms with Crippen LogP contribution in [0.4, 0.5) is 0 Å². The second kappa shape index (κ2) is 12.7. The highest BCUT2D eigenvalue weighted by Gasteiger charge is 2.16. The van der Waals surface area contributed by atoms with Gasteiger partial charge in [0.25, 0.3) is 5.56 Å². The van der Waals surface area contributed by atoms with Crippen molar-refractivity contribution in [2.45, 2.75) is 65.9 Å². The zero-order chi connectivity index (χ0) is 25.4. The number of halogens is 1. The molecule has 0 unspecified atom stereocenters. The fourth-order valence-electron chi connectivity index (χ4n) is 3.68. The second-order valence-electron chi connectivity index (χ2n) is 8.42. The van der Waals surface area contributed by atoms with Crippen LogP contribution in [0.25, 0.3) is 10.9 Å². The molecule has 0 bridgehead atoms. The maximum atomic E-state index is 13.4. The lowest BCUT2D eigenvalue weighted by Crippen LogP contribution is -2.22. The van der Waals surface area contributed by atoms with Crippen molar-refractivity contribution in [2.24, 2.45) is 5.10 Å².